The van der Waals surface area contributed by atoms with E-state index in [0.29, 0.717) is 0 Å². The number of hydrogen-bond acceptors (Lipinski definition) is 1. The zero-order valence-electron chi connectivity index (χ0n) is 9.66. The van der Waals surface area contributed by atoms with Crippen LogP contribution in [-0.4, -0.2) is 7.11 Å². The molecule has 2 aromatic carbocycles. The van der Waals surface area contributed by atoms with Gasteiger partial charge in [0.2, 0.25) is 0 Å². The Bertz CT molecular complexity index is 557. The Morgan fingerprint density at radius 1 is 1.17 bits per heavy atom. The van der Waals surface area contributed by atoms with Gasteiger partial charge < -0.3 is 4.74 Å². The summed E-state index contributed by atoms with van der Waals surface area (Å²) in [5.74, 6) is 0.830. The predicted molar refractivity (Wildman–Crippen MR) is 82.9 cm³/mol. The summed E-state index contributed by atoms with van der Waals surface area (Å²) in [5, 5.41) is 0.738. The maximum Gasteiger partial charge on any atom is 0.120 e. The van der Waals surface area contributed by atoms with Crippen LogP contribution in [0.5, 0.6) is 5.75 Å². The number of alkyl halides is 1. The Morgan fingerprint density at radius 3 is 2.56 bits per heavy atom. The summed E-state index contributed by atoms with van der Waals surface area (Å²) < 4.78 is 6.19. The van der Waals surface area contributed by atoms with E-state index in [9.17, 15) is 0 Å². The Kier molecular flexibility index (Phi) is 4.71. The van der Waals surface area contributed by atoms with Crippen LogP contribution in [0.2, 0.25) is 5.02 Å². The Labute approximate surface area is 128 Å². The van der Waals surface area contributed by atoms with Gasteiger partial charge in [0.15, 0.2) is 0 Å². The van der Waals surface area contributed by atoms with E-state index in [1.54, 1.807) is 7.11 Å². The second-order valence-electron chi connectivity index (χ2n) is 3.81. The van der Waals surface area contributed by atoms with E-state index in [1.807, 2.05) is 42.5 Å². The van der Waals surface area contributed by atoms with Crippen LogP contribution >= 0.6 is 43.5 Å². The lowest BCUT2D eigenvalue weighted by atomic mass is 10.0. The first-order chi connectivity index (χ1) is 8.61. The Morgan fingerprint density at radius 2 is 1.94 bits per heavy atom. The molecule has 1 unspecified atom stereocenters. The molecular weight excluding hydrogens is 379 g/mol. The zero-order valence-corrected chi connectivity index (χ0v) is 13.6. The Hall–Kier alpha value is -0.510. The van der Waals surface area contributed by atoms with Gasteiger partial charge in [0.1, 0.15) is 5.75 Å². The minimum Gasteiger partial charge on any atom is -0.497 e. The number of methoxy groups -OCH3 is 1. The van der Waals surface area contributed by atoms with Gasteiger partial charge >= 0.3 is 0 Å². The lowest BCUT2D eigenvalue weighted by molar-refractivity contribution is 0.414. The molecule has 0 heterocycles. The maximum atomic E-state index is 6.01. The van der Waals surface area contributed by atoms with Crippen LogP contribution in [0.25, 0.3) is 0 Å². The zero-order chi connectivity index (χ0) is 13.1. The van der Waals surface area contributed by atoms with Crippen molar-refractivity contribution in [3.8, 4) is 5.75 Å². The van der Waals surface area contributed by atoms with E-state index in [1.165, 1.54) is 0 Å². The van der Waals surface area contributed by atoms with Crippen molar-refractivity contribution in [2.45, 2.75) is 4.83 Å². The fourth-order valence-electron chi connectivity index (χ4n) is 1.68. The largest absolute Gasteiger partial charge is 0.497 e. The molecule has 0 amide bonds. The highest BCUT2D eigenvalue weighted by molar-refractivity contribution is 9.11. The van der Waals surface area contributed by atoms with E-state index >= 15 is 0 Å². The van der Waals surface area contributed by atoms with Crippen LogP contribution in [-0.2, 0) is 0 Å². The number of ether oxygens (including phenoxy) is 1. The minimum absolute atomic E-state index is 0.0940. The number of benzene rings is 2. The van der Waals surface area contributed by atoms with Gasteiger partial charge in [-0.25, -0.2) is 0 Å². The van der Waals surface area contributed by atoms with Gasteiger partial charge in [0, 0.05) is 9.50 Å². The molecule has 0 fully saturated rings. The molecule has 0 aliphatic carbocycles. The second-order valence-corrected chi connectivity index (χ2v) is 6.01. The average Bonchev–Trinajstić information content (AvgIpc) is 2.37. The molecule has 0 radical (unpaired) electrons. The smallest absolute Gasteiger partial charge is 0.120 e. The summed E-state index contributed by atoms with van der Waals surface area (Å²) >= 11 is 13.3. The third kappa shape index (κ3) is 3.08. The lowest BCUT2D eigenvalue weighted by Gasteiger charge is -2.14. The first-order valence-electron chi connectivity index (χ1n) is 5.35. The van der Waals surface area contributed by atoms with Gasteiger partial charge in [0.25, 0.3) is 0 Å². The van der Waals surface area contributed by atoms with E-state index < -0.39 is 0 Å². The molecule has 2 rings (SSSR count). The first kappa shape index (κ1) is 13.9. The highest BCUT2D eigenvalue weighted by Crippen LogP contribution is 2.37. The quantitative estimate of drug-likeness (QED) is 0.620. The Balaban J connectivity index is 2.37. The summed E-state index contributed by atoms with van der Waals surface area (Å²) in [6.45, 7) is 0. The molecule has 1 atom stereocenters. The molecule has 18 heavy (non-hydrogen) atoms. The van der Waals surface area contributed by atoms with Gasteiger partial charge in [-0.05, 0) is 35.4 Å². The number of rotatable bonds is 3. The van der Waals surface area contributed by atoms with Gasteiger partial charge in [-0.3, -0.25) is 0 Å². The SMILES string of the molecule is COc1ccc(C(Br)c2cccc(Cl)c2)c(Br)c1. The van der Waals surface area contributed by atoms with Crippen LogP contribution in [0.1, 0.15) is 16.0 Å². The van der Waals surface area contributed by atoms with Crippen molar-refractivity contribution in [2.24, 2.45) is 0 Å². The second kappa shape index (κ2) is 6.09. The third-order valence-electron chi connectivity index (χ3n) is 2.62. The van der Waals surface area contributed by atoms with E-state index in [-0.39, 0.29) is 4.83 Å². The van der Waals surface area contributed by atoms with Gasteiger partial charge in [-0.1, -0.05) is 61.7 Å². The van der Waals surface area contributed by atoms with Crippen LogP contribution in [0.4, 0.5) is 0 Å². The standard InChI is InChI=1S/C14H11Br2ClO/c1-18-11-5-6-12(13(15)8-11)14(16)9-3-2-4-10(17)7-9/h2-8,14H,1H3. The van der Waals surface area contributed by atoms with Crippen molar-refractivity contribution < 1.29 is 4.74 Å². The van der Waals surface area contributed by atoms with Gasteiger partial charge in [-0.15, -0.1) is 0 Å². The molecule has 94 valence electrons. The molecule has 1 nitrogen and oxygen atoms in total. The molecule has 0 N–H and O–H groups in total. The molecule has 4 heteroatoms. The topological polar surface area (TPSA) is 9.23 Å². The molecule has 0 saturated carbocycles. The fraction of sp³-hybridized carbons (Fsp3) is 0.143. The van der Waals surface area contributed by atoms with Gasteiger partial charge in [0.05, 0.1) is 11.9 Å². The summed E-state index contributed by atoms with van der Waals surface area (Å²) in [7, 11) is 1.66. The van der Waals surface area contributed by atoms with Crippen molar-refractivity contribution in [3.05, 3.63) is 63.1 Å². The van der Waals surface area contributed by atoms with E-state index in [0.717, 1.165) is 26.4 Å². The van der Waals surface area contributed by atoms with Gasteiger partial charge in [-0.2, -0.15) is 0 Å². The summed E-state index contributed by atoms with van der Waals surface area (Å²) in [5.41, 5.74) is 2.26. The fourth-order valence-corrected chi connectivity index (χ4v) is 3.46. The van der Waals surface area contributed by atoms with E-state index in [4.69, 9.17) is 16.3 Å². The molecule has 0 aliphatic heterocycles. The summed E-state index contributed by atoms with van der Waals surface area (Å²) in [4.78, 5) is 0.0940. The van der Waals surface area contributed by atoms with E-state index in [2.05, 4.69) is 31.9 Å². The third-order valence-corrected chi connectivity index (χ3v) is 4.57. The minimum atomic E-state index is 0.0940. The van der Waals surface area contributed by atoms with Crippen molar-refractivity contribution in [3.63, 3.8) is 0 Å². The highest BCUT2D eigenvalue weighted by Gasteiger charge is 2.14. The van der Waals surface area contributed by atoms with Crippen LogP contribution < -0.4 is 4.74 Å². The first-order valence-corrected chi connectivity index (χ1v) is 7.43. The van der Waals surface area contributed by atoms with Crippen molar-refractivity contribution in [1.82, 2.24) is 0 Å². The average molecular weight is 391 g/mol. The maximum absolute atomic E-state index is 6.01. The summed E-state index contributed by atoms with van der Waals surface area (Å²) in [6.07, 6.45) is 0. The summed E-state index contributed by atoms with van der Waals surface area (Å²) in [6, 6.07) is 13.7. The highest BCUT2D eigenvalue weighted by atomic mass is 79.9. The number of halogens is 3. The van der Waals surface area contributed by atoms with Crippen molar-refractivity contribution in [1.29, 1.82) is 0 Å². The molecule has 0 saturated heterocycles. The van der Waals surface area contributed by atoms with Crippen LogP contribution in [0.3, 0.4) is 0 Å². The lowest BCUT2D eigenvalue weighted by Crippen LogP contribution is -1.94. The van der Waals surface area contributed by atoms with Crippen molar-refractivity contribution in [2.75, 3.05) is 7.11 Å². The predicted octanol–water partition coefficient (Wildman–Crippen LogP) is 5.60. The molecule has 0 aliphatic rings. The monoisotopic (exact) mass is 388 g/mol. The molecular formula is C14H11Br2ClO. The van der Waals surface area contributed by atoms with Crippen molar-refractivity contribution >= 4 is 43.5 Å². The molecule has 2 aromatic rings. The molecule has 0 spiro atoms. The number of hydrogen-bond donors (Lipinski definition) is 0. The molecule has 0 aromatic heterocycles. The normalized spacial score (nSPS) is 12.2. The molecule has 0 bridgehead atoms. The van der Waals surface area contributed by atoms with Crippen LogP contribution in [0.15, 0.2) is 46.9 Å². The van der Waals surface area contributed by atoms with Crippen LogP contribution in [0, 0.1) is 0 Å².